The van der Waals surface area contributed by atoms with Crippen molar-refractivity contribution in [3.05, 3.63) is 65.8 Å². The monoisotopic (exact) mass is 882 g/mol. The highest BCUT2D eigenvalue weighted by molar-refractivity contribution is 8.23. The van der Waals surface area contributed by atoms with Crippen molar-refractivity contribution < 1.29 is 0 Å². The molecule has 5 rings (SSSR count). The second-order valence-electron chi connectivity index (χ2n) is 17.5. The molecule has 1 aliphatic heterocycles. The number of unbranched alkanes of at least 4 members (excludes halogenated alkanes) is 4. The minimum absolute atomic E-state index is 0.0312. The van der Waals surface area contributed by atoms with Crippen LogP contribution in [0, 0.1) is 29.1 Å². The van der Waals surface area contributed by atoms with Crippen LogP contribution in [0.1, 0.15) is 193 Å². The molecule has 0 saturated heterocycles. The standard InChI is InChI=1S/C51H78S6/c1-10-18-22-36(14-5)32-54-49(55-33-37(15-6)23-19-11-2)45-40-26-28-52-47(40)43-31-42-44(30-41(43)45)48-51(9,27-29-53-48)46(42)50(56-34-38(16-7)24-20-12-3)57-35-39(17-8)25-21-13-4/h26-31,36-39,48H,10-25,32-35H2,1-9H3. The number of rotatable bonds is 28. The van der Waals surface area contributed by atoms with Crippen molar-refractivity contribution in [3.63, 3.8) is 0 Å². The van der Waals surface area contributed by atoms with E-state index in [1.807, 2.05) is 11.3 Å². The molecule has 1 aromatic carbocycles. The van der Waals surface area contributed by atoms with Gasteiger partial charge in [0.15, 0.2) is 0 Å². The minimum Gasteiger partial charge on any atom is -0.143 e. The smallest absolute Gasteiger partial charge is 0.0486 e. The summed E-state index contributed by atoms with van der Waals surface area (Å²) in [4.78, 5) is 1.51. The van der Waals surface area contributed by atoms with Gasteiger partial charge in [-0.2, -0.15) is 0 Å². The molecular formula is C51H78S6. The Morgan fingerprint density at radius 3 is 1.53 bits per heavy atom. The molecule has 6 atom stereocenters. The second kappa shape index (κ2) is 24.5. The Labute approximate surface area is 377 Å². The molecule has 1 aromatic heterocycles. The van der Waals surface area contributed by atoms with Crippen LogP contribution in [-0.4, -0.2) is 23.0 Å². The van der Waals surface area contributed by atoms with Crippen LogP contribution in [-0.2, 0) is 0 Å². The third kappa shape index (κ3) is 11.9. The van der Waals surface area contributed by atoms with Gasteiger partial charge >= 0.3 is 0 Å². The molecule has 0 fully saturated rings. The predicted octanol–water partition coefficient (Wildman–Crippen LogP) is 19.2. The number of fused-ring (bicyclic) bond motifs is 6. The third-order valence-corrected chi connectivity index (χ3v) is 21.4. The summed E-state index contributed by atoms with van der Waals surface area (Å²) in [6.07, 6.45) is 23.8. The van der Waals surface area contributed by atoms with Crippen LogP contribution < -0.4 is 0 Å². The van der Waals surface area contributed by atoms with E-state index in [4.69, 9.17) is 0 Å². The second-order valence-corrected chi connectivity index (χ2v) is 24.1. The lowest BCUT2D eigenvalue weighted by Gasteiger charge is -2.28. The zero-order chi connectivity index (χ0) is 40.8. The quantitative estimate of drug-likeness (QED) is 0.0710. The zero-order valence-corrected chi connectivity index (χ0v) is 42.3. The highest BCUT2D eigenvalue weighted by atomic mass is 32.2. The van der Waals surface area contributed by atoms with E-state index < -0.39 is 0 Å². The van der Waals surface area contributed by atoms with Crippen molar-refractivity contribution in [2.75, 3.05) is 23.0 Å². The molecule has 0 nitrogen and oxygen atoms in total. The van der Waals surface area contributed by atoms with E-state index in [-0.39, 0.29) is 5.41 Å². The van der Waals surface area contributed by atoms with Crippen LogP contribution in [0.15, 0.2) is 43.5 Å². The van der Waals surface area contributed by atoms with Crippen LogP contribution in [0.2, 0.25) is 0 Å². The topological polar surface area (TPSA) is 0 Å². The lowest BCUT2D eigenvalue weighted by molar-refractivity contribution is 0.499. The van der Waals surface area contributed by atoms with Gasteiger partial charge in [0, 0.05) is 63.7 Å². The molecule has 318 valence electrons. The molecule has 2 aliphatic carbocycles. The van der Waals surface area contributed by atoms with E-state index in [9.17, 15) is 0 Å². The maximum absolute atomic E-state index is 2.73. The number of benzene rings is 1. The first-order valence-corrected chi connectivity index (χ1v) is 29.2. The van der Waals surface area contributed by atoms with Gasteiger partial charge in [0.1, 0.15) is 0 Å². The summed E-state index contributed by atoms with van der Waals surface area (Å²) in [6, 6.07) is 7.91. The zero-order valence-electron chi connectivity index (χ0n) is 37.4. The van der Waals surface area contributed by atoms with Crippen molar-refractivity contribution in [2.24, 2.45) is 29.1 Å². The van der Waals surface area contributed by atoms with Crippen LogP contribution in [0.5, 0.6) is 0 Å². The average molecular weight is 884 g/mol. The Morgan fingerprint density at radius 1 is 0.596 bits per heavy atom. The highest BCUT2D eigenvalue weighted by Crippen LogP contribution is 2.68. The van der Waals surface area contributed by atoms with E-state index >= 15 is 0 Å². The van der Waals surface area contributed by atoms with Gasteiger partial charge < -0.3 is 0 Å². The predicted molar refractivity (Wildman–Crippen MR) is 273 cm³/mol. The van der Waals surface area contributed by atoms with Crippen LogP contribution in [0.3, 0.4) is 0 Å². The molecule has 0 amide bonds. The lowest BCUT2D eigenvalue weighted by Crippen LogP contribution is -2.14. The first-order valence-electron chi connectivity index (χ1n) is 23.4. The maximum Gasteiger partial charge on any atom is 0.0486 e. The fourth-order valence-electron chi connectivity index (χ4n) is 8.98. The number of thiophene rings is 1. The fraction of sp³-hybridized carbons (Fsp3) is 0.686. The molecule has 2 heterocycles. The molecule has 6 heteroatoms. The van der Waals surface area contributed by atoms with E-state index in [1.165, 1.54) is 147 Å². The van der Waals surface area contributed by atoms with E-state index in [0.29, 0.717) is 5.25 Å². The van der Waals surface area contributed by atoms with E-state index in [2.05, 4.69) is 156 Å². The Morgan fingerprint density at radius 2 is 1.07 bits per heavy atom. The lowest BCUT2D eigenvalue weighted by atomic mass is 9.83. The summed E-state index contributed by atoms with van der Waals surface area (Å²) >= 11 is 13.0. The Kier molecular flexibility index (Phi) is 20.6. The maximum atomic E-state index is 2.73. The van der Waals surface area contributed by atoms with Gasteiger partial charge in [-0.3, -0.25) is 0 Å². The number of hydrogen-bond donors (Lipinski definition) is 0. The summed E-state index contributed by atoms with van der Waals surface area (Å²) in [5, 5.41) is 5.28. The summed E-state index contributed by atoms with van der Waals surface area (Å²) in [5.41, 5.74) is 11.0. The summed E-state index contributed by atoms with van der Waals surface area (Å²) < 4.78 is 3.25. The molecule has 0 saturated carbocycles. The Bertz CT molecular complexity index is 1590. The van der Waals surface area contributed by atoms with Gasteiger partial charge in [0.05, 0.1) is 0 Å². The minimum atomic E-state index is 0.0312. The van der Waals surface area contributed by atoms with Crippen molar-refractivity contribution in [1.29, 1.82) is 0 Å². The van der Waals surface area contributed by atoms with Crippen LogP contribution in [0.25, 0.3) is 21.6 Å². The average Bonchev–Trinajstić information content (AvgIpc) is 3.98. The molecule has 0 spiro atoms. The highest BCUT2D eigenvalue weighted by Gasteiger charge is 2.50. The molecule has 57 heavy (non-hydrogen) atoms. The summed E-state index contributed by atoms with van der Waals surface area (Å²) in [6.45, 7) is 21.7. The molecule has 0 bridgehead atoms. The first-order chi connectivity index (χ1) is 27.8. The van der Waals surface area contributed by atoms with E-state index in [0.717, 1.165) is 23.7 Å². The van der Waals surface area contributed by atoms with Gasteiger partial charge in [0.25, 0.3) is 0 Å². The van der Waals surface area contributed by atoms with Gasteiger partial charge in [-0.15, -0.1) is 70.1 Å². The summed E-state index contributed by atoms with van der Waals surface area (Å²) in [7, 11) is 0. The Balaban J connectivity index is 1.63. The number of allylic oxidation sites excluding steroid dienone is 2. The largest absolute Gasteiger partial charge is 0.143 e. The SMILES string of the molecule is CCCCC(CC)CSC(SCC(CC)CCCC)=C1c2cc3c(cc2-c2sccc21)C(=C(SCC(CC)CCCC)SCC(CC)CCCC)C1(C)C=CSC31. The molecule has 0 N–H and O–H groups in total. The van der Waals surface area contributed by atoms with Crippen molar-refractivity contribution in [1.82, 2.24) is 0 Å². The van der Waals surface area contributed by atoms with Crippen LogP contribution >= 0.6 is 70.1 Å². The third-order valence-electron chi connectivity index (χ3n) is 13.3. The van der Waals surface area contributed by atoms with Gasteiger partial charge in [-0.25, -0.2) is 0 Å². The van der Waals surface area contributed by atoms with Gasteiger partial charge in [-0.05, 0) is 101 Å². The molecule has 3 aliphatic rings. The van der Waals surface area contributed by atoms with Crippen LogP contribution in [0.4, 0.5) is 0 Å². The van der Waals surface area contributed by atoms with Gasteiger partial charge in [-0.1, -0.05) is 145 Å². The van der Waals surface area contributed by atoms with E-state index in [1.54, 1.807) is 30.7 Å². The number of hydrogen-bond acceptors (Lipinski definition) is 6. The fourth-order valence-corrected chi connectivity index (χ4v) is 17.6. The molecule has 6 unspecified atom stereocenters. The van der Waals surface area contributed by atoms with Crippen molar-refractivity contribution >= 4 is 81.3 Å². The first kappa shape index (κ1) is 47.9. The number of thioether (sulfide) groups is 5. The molecule has 2 aromatic rings. The Hall–Kier alpha value is -0.110. The van der Waals surface area contributed by atoms with Crippen molar-refractivity contribution in [3.8, 4) is 10.4 Å². The van der Waals surface area contributed by atoms with Crippen molar-refractivity contribution in [2.45, 2.75) is 170 Å². The van der Waals surface area contributed by atoms with Gasteiger partial charge in [0.2, 0.25) is 0 Å². The normalized spacial score (nSPS) is 20.1. The molecular weight excluding hydrogens is 805 g/mol. The molecule has 0 radical (unpaired) electrons. The summed E-state index contributed by atoms with van der Waals surface area (Å²) in [5.74, 6) is 8.17.